The molecule has 134 valence electrons. The quantitative estimate of drug-likeness (QED) is 0.700. The standard InChI is InChI=1S/C21H19BrO4/c1-3-25-19(23)18-13-17(14-9-11-16(22)12-10-14)21(2,20(24)26-18)15-7-5-4-6-8-15/h4-13,18H,3H2,1-2H3/t18-,21+/m1/s1. The van der Waals surface area contributed by atoms with Crippen molar-refractivity contribution < 1.29 is 19.1 Å². The molecule has 0 fully saturated rings. The van der Waals surface area contributed by atoms with Gasteiger partial charge in [-0.3, -0.25) is 4.79 Å². The van der Waals surface area contributed by atoms with Crippen LogP contribution in [0.1, 0.15) is 25.0 Å². The predicted molar refractivity (Wildman–Crippen MR) is 102 cm³/mol. The van der Waals surface area contributed by atoms with Crippen molar-refractivity contribution >= 4 is 33.4 Å². The van der Waals surface area contributed by atoms with Gasteiger partial charge in [-0.15, -0.1) is 0 Å². The number of benzene rings is 2. The molecule has 0 unspecified atom stereocenters. The summed E-state index contributed by atoms with van der Waals surface area (Å²) < 4.78 is 11.4. The Balaban J connectivity index is 2.16. The Morgan fingerprint density at radius 2 is 1.81 bits per heavy atom. The molecule has 2 atom stereocenters. The average molecular weight is 415 g/mol. The third kappa shape index (κ3) is 3.31. The molecule has 1 aliphatic heterocycles. The molecule has 0 aliphatic carbocycles. The van der Waals surface area contributed by atoms with Crippen molar-refractivity contribution in [3.8, 4) is 0 Å². The number of cyclic esters (lactones) is 1. The van der Waals surface area contributed by atoms with E-state index < -0.39 is 23.5 Å². The summed E-state index contributed by atoms with van der Waals surface area (Å²) in [4.78, 5) is 25.2. The Labute approximate surface area is 160 Å². The van der Waals surface area contributed by atoms with Crippen LogP contribution in [0.5, 0.6) is 0 Å². The maximum Gasteiger partial charge on any atom is 0.351 e. The van der Waals surface area contributed by atoms with Crippen molar-refractivity contribution in [2.75, 3.05) is 6.61 Å². The SMILES string of the molecule is CCOC(=O)[C@H]1C=C(c2ccc(Br)cc2)[C@](C)(c2ccccc2)C(=O)O1. The van der Waals surface area contributed by atoms with E-state index in [2.05, 4.69) is 15.9 Å². The number of hydrogen-bond donors (Lipinski definition) is 0. The molecule has 3 rings (SSSR count). The summed E-state index contributed by atoms with van der Waals surface area (Å²) in [7, 11) is 0. The summed E-state index contributed by atoms with van der Waals surface area (Å²) in [6.07, 6.45) is 0.646. The van der Waals surface area contributed by atoms with Crippen LogP contribution in [0.25, 0.3) is 5.57 Å². The van der Waals surface area contributed by atoms with E-state index in [1.807, 2.05) is 61.5 Å². The van der Waals surface area contributed by atoms with Crippen LogP contribution in [0.4, 0.5) is 0 Å². The van der Waals surface area contributed by atoms with Crippen molar-refractivity contribution in [2.45, 2.75) is 25.4 Å². The molecule has 0 radical (unpaired) electrons. The van der Waals surface area contributed by atoms with E-state index in [0.29, 0.717) is 0 Å². The zero-order valence-electron chi connectivity index (χ0n) is 14.6. The van der Waals surface area contributed by atoms with Crippen LogP contribution in [0, 0.1) is 0 Å². The van der Waals surface area contributed by atoms with Crippen LogP contribution in [0.15, 0.2) is 65.1 Å². The Kier molecular flexibility index (Phi) is 5.28. The number of halogens is 1. The highest BCUT2D eigenvalue weighted by atomic mass is 79.9. The van der Waals surface area contributed by atoms with Crippen molar-refractivity contribution in [1.82, 2.24) is 0 Å². The molecule has 2 aromatic carbocycles. The van der Waals surface area contributed by atoms with Crippen LogP contribution in [0.3, 0.4) is 0 Å². The second-order valence-electron chi connectivity index (χ2n) is 6.16. The number of carbonyl (C=O) groups is 2. The fourth-order valence-corrected chi connectivity index (χ4v) is 3.36. The Morgan fingerprint density at radius 1 is 1.15 bits per heavy atom. The number of hydrogen-bond acceptors (Lipinski definition) is 4. The van der Waals surface area contributed by atoms with E-state index in [1.54, 1.807) is 13.0 Å². The van der Waals surface area contributed by atoms with Crippen molar-refractivity contribution in [1.29, 1.82) is 0 Å². The summed E-state index contributed by atoms with van der Waals surface area (Å²) in [5.41, 5.74) is 1.37. The largest absolute Gasteiger partial charge is 0.463 e. The minimum atomic E-state index is -1.04. The lowest BCUT2D eigenvalue weighted by molar-refractivity contribution is -0.167. The second kappa shape index (κ2) is 7.46. The third-order valence-corrected chi connectivity index (χ3v) is 5.05. The zero-order chi connectivity index (χ0) is 18.7. The Hall–Kier alpha value is -2.40. The molecule has 5 heteroatoms. The van der Waals surface area contributed by atoms with Gasteiger partial charge in [-0.2, -0.15) is 0 Å². The highest BCUT2D eigenvalue weighted by Crippen LogP contribution is 2.43. The summed E-state index contributed by atoms with van der Waals surface area (Å²) in [5.74, 6) is -1.03. The molecule has 0 saturated carbocycles. The lowest BCUT2D eigenvalue weighted by Crippen LogP contribution is -2.44. The molecule has 1 heterocycles. The molecular weight excluding hydrogens is 396 g/mol. The van der Waals surface area contributed by atoms with Gasteiger partial charge in [0, 0.05) is 4.47 Å². The second-order valence-corrected chi connectivity index (χ2v) is 7.07. The molecule has 1 aliphatic rings. The van der Waals surface area contributed by atoms with Gasteiger partial charge < -0.3 is 9.47 Å². The molecule has 0 amide bonds. The van der Waals surface area contributed by atoms with Crippen LogP contribution in [-0.2, 0) is 24.5 Å². The normalized spacial score (nSPS) is 22.3. The fourth-order valence-electron chi connectivity index (χ4n) is 3.09. The molecule has 0 aromatic heterocycles. The number of esters is 2. The summed E-state index contributed by atoms with van der Waals surface area (Å²) in [6, 6.07) is 17.1. The summed E-state index contributed by atoms with van der Waals surface area (Å²) in [6.45, 7) is 3.76. The van der Waals surface area contributed by atoms with Crippen LogP contribution < -0.4 is 0 Å². The van der Waals surface area contributed by atoms with E-state index in [-0.39, 0.29) is 6.61 Å². The first-order valence-corrected chi connectivity index (χ1v) is 9.17. The lowest BCUT2D eigenvalue weighted by Gasteiger charge is -2.36. The molecule has 0 bridgehead atoms. The van der Waals surface area contributed by atoms with Crippen LogP contribution in [-0.4, -0.2) is 24.6 Å². The first kappa shape index (κ1) is 18.4. The first-order valence-electron chi connectivity index (χ1n) is 8.38. The zero-order valence-corrected chi connectivity index (χ0v) is 16.2. The summed E-state index contributed by atoms with van der Waals surface area (Å²) in [5, 5.41) is 0. The maximum absolute atomic E-state index is 13.0. The third-order valence-electron chi connectivity index (χ3n) is 4.52. The predicted octanol–water partition coefficient (Wildman–Crippen LogP) is 4.28. The molecule has 2 aromatic rings. The van der Waals surface area contributed by atoms with E-state index in [4.69, 9.17) is 9.47 Å². The topological polar surface area (TPSA) is 52.6 Å². The Bertz CT molecular complexity index is 842. The monoisotopic (exact) mass is 414 g/mol. The van der Waals surface area contributed by atoms with Gasteiger partial charge in [0.15, 0.2) is 0 Å². The molecule has 0 N–H and O–H groups in total. The van der Waals surface area contributed by atoms with Crippen molar-refractivity contribution in [2.24, 2.45) is 0 Å². The first-order chi connectivity index (χ1) is 12.5. The van der Waals surface area contributed by atoms with Gasteiger partial charge in [0.1, 0.15) is 5.41 Å². The van der Waals surface area contributed by atoms with Crippen LogP contribution >= 0.6 is 15.9 Å². The number of rotatable bonds is 4. The molecule has 0 saturated heterocycles. The van der Waals surface area contributed by atoms with Gasteiger partial charge in [-0.05, 0) is 48.8 Å². The average Bonchev–Trinajstić information content (AvgIpc) is 2.65. The highest BCUT2D eigenvalue weighted by molar-refractivity contribution is 9.10. The molecule has 4 nitrogen and oxygen atoms in total. The molecule has 0 spiro atoms. The van der Waals surface area contributed by atoms with Gasteiger partial charge in [-0.1, -0.05) is 58.4 Å². The van der Waals surface area contributed by atoms with E-state index in [1.165, 1.54) is 0 Å². The fraction of sp³-hybridized carbons (Fsp3) is 0.238. The van der Waals surface area contributed by atoms with Crippen molar-refractivity contribution in [3.63, 3.8) is 0 Å². The van der Waals surface area contributed by atoms with Gasteiger partial charge in [0.2, 0.25) is 6.10 Å². The summed E-state index contributed by atoms with van der Waals surface area (Å²) >= 11 is 3.43. The van der Waals surface area contributed by atoms with Gasteiger partial charge >= 0.3 is 11.9 Å². The minimum Gasteiger partial charge on any atom is -0.463 e. The van der Waals surface area contributed by atoms with Gasteiger partial charge in [0.25, 0.3) is 0 Å². The smallest absolute Gasteiger partial charge is 0.351 e. The highest BCUT2D eigenvalue weighted by Gasteiger charge is 2.47. The number of carbonyl (C=O) groups excluding carboxylic acids is 2. The lowest BCUT2D eigenvalue weighted by atomic mass is 9.71. The minimum absolute atomic E-state index is 0.226. The molecule has 26 heavy (non-hydrogen) atoms. The van der Waals surface area contributed by atoms with Crippen molar-refractivity contribution in [3.05, 3.63) is 76.3 Å². The molecular formula is C21H19BrO4. The van der Waals surface area contributed by atoms with Gasteiger partial charge in [-0.25, -0.2) is 4.79 Å². The Morgan fingerprint density at radius 3 is 2.42 bits per heavy atom. The van der Waals surface area contributed by atoms with E-state index in [0.717, 1.165) is 21.2 Å². The maximum atomic E-state index is 13.0. The number of ether oxygens (including phenoxy) is 2. The van der Waals surface area contributed by atoms with E-state index in [9.17, 15) is 9.59 Å². The van der Waals surface area contributed by atoms with Gasteiger partial charge in [0.05, 0.1) is 6.61 Å². The van der Waals surface area contributed by atoms with Crippen LogP contribution in [0.2, 0.25) is 0 Å². The van der Waals surface area contributed by atoms with E-state index >= 15 is 0 Å².